The molecule has 20 heavy (non-hydrogen) atoms. The summed E-state index contributed by atoms with van der Waals surface area (Å²) in [5, 5.41) is 3.28. The fourth-order valence-corrected chi connectivity index (χ4v) is 1.60. The Morgan fingerprint density at radius 2 is 1.75 bits per heavy atom. The van der Waals surface area contributed by atoms with Gasteiger partial charge >= 0.3 is 6.09 Å². The first kappa shape index (κ1) is 19.2. The number of hydrogen-bond acceptors (Lipinski definition) is 4. The lowest BCUT2D eigenvalue weighted by Gasteiger charge is -2.37. The number of methoxy groups -OCH3 is 1. The lowest BCUT2D eigenvalue weighted by atomic mass is 10.1. The van der Waals surface area contributed by atoms with Crippen LogP contribution in [0.4, 0.5) is 4.79 Å². The molecule has 1 atom stereocenters. The molecule has 0 aliphatic carbocycles. The van der Waals surface area contributed by atoms with Crippen LogP contribution in [0.25, 0.3) is 0 Å². The Kier molecular flexibility index (Phi) is 7.52. The lowest BCUT2D eigenvalue weighted by molar-refractivity contribution is 0.00644. The second-order valence-corrected chi connectivity index (χ2v) is 7.05. The maximum atomic E-state index is 12.2. The van der Waals surface area contributed by atoms with E-state index in [4.69, 9.17) is 9.47 Å². The zero-order chi connectivity index (χ0) is 16.0. The minimum absolute atomic E-state index is 0.166. The summed E-state index contributed by atoms with van der Waals surface area (Å²) >= 11 is 0. The monoisotopic (exact) mass is 288 g/mol. The Morgan fingerprint density at radius 3 is 2.15 bits per heavy atom. The molecule has 0 saturated carbocycles. The van der Waals surface area contributed by atoms with Crippen LogP contribution >= 0.6 is 0 Å². The van der Waals surface area contributed by atoms with E-state index in [-0.39, 0.29) is 17.7 Å². The first-order valence-corrected chi connectivity index (χ1v) is 7.21. The number of ether oxygens (including phenoxy) is 2. The van der Waals surface area contributed by atoms with Crippen molar-refractivity contribution in [2.45, 2.75) is 65.7 Å². The molecule has 1 amide bonds. The van der Waals surface area contributed by atoms with Gasteiger partial charge in [0.15, 0.2) is 0 Å². The summed E-state index contributed by atoms with van der Waals surface area (Å²) in [4.78, 5) is 14.0. The van der Waals surface area contributed by atoms with Gasteiger partial charge in [-0.15, -0.1) is 0 Å². The molecule has 0 fully saturated rings. The van der Waals surface area contributed by atoms with Crippen molar-refractivity contribution in [2.75, 3.05) is 26.7 Å². The van der Waals surface area contributed by atoms with Gasteiger partial charge in [-0.3, -0.25) is 0 Å². The highest BCUT2D eigenvalue weighted by atomic mass is 16.6. The maximum absolute atomic E-state index is 12.2. The molecule has 0 aromatic carbocycles. The molecule has 0 radical (unpaired) electrons. The molecule has 0 rings (SSSR count). The van der Waals surface area contributed by atoms with Crippen molar-refractivity contribution in [1.82, 2.24) is 10.2 Å². The molecule has 0 aromatic rings. The normalized spacial score (nSPS) is 14.0. The van der Waals surface area contributed by atoms with Gasteiger partial charge < -0.3 is 19.7 Å². The second-order valence-electron chi connectivity index (χ2n) is 7.05. The number of hydrogen-bond donors (Lipinski definition) is 1. The Balaban J connectivity index is 4.41. The van der Waals surface area contributed by atoms with Gasteiger partial charge in [-0.1, -0.05) is 0 Å². The molecule has 1 unspecified atom stereocenters. The van der Waals surface area contributed by atoms with E-state index < -0.39 is 5.60 Å². The van der Waals surface area contributed by atoms with Gasteiger partial charge in [-0.2, -0.15) is 0 Å². The first-order chi connectivity index (χ1) is 8.97. The summed E-state index contributed by atoms with van der Waals surface area (Å²) in [6, 6.07) is 0. The van der Waals surface area contributed by atoms with Crippen molar-refractivity contribution in [3.63, 3.8) is 0 Å². The molecule has 0 heterocycles. The van der Waals surface area contributed by atoms with Gasteiger partial charge in [0.2, 0.25) is 0 Å². The molecule has 0 spiro atoms. The van der Waals surface area contributed by atoms with Crippen LogP contribution in [0, 0.1) is 0 Å². The molecular formula is C15H32N2O3. The predicted octanol–water partition coefficient (Wildman–Crippen LogP) is 2.65. The largest absolute Gasteiger partial charge is 0.444 e. The van der Waals surface area contributed by atoms with Gasteiger partial charge in [0.1, 0.15) is 5.60 Å². The van der Waals surface area contributed by atoms with E-state index in [1.165, 1.54) is 0 Å². The Morgan fingerprint density at radius 1 is 1.20 bits per heavy atom. The Labute approximate surface area is 124 Å². The smallest absolute Gasteiger partial charge is 0.410 e. The third-order valence-electron chi connectivity index (χ3n) is 2.77. The summed E-state index contributed by atoms with van der Waals surface area (Å²) in [6.07, 6.45) is -0.105. The standard InChI is InChI=1S/C15H32N2O3/c1-12(19-8)11-16-9-10-17(14(2,3)4)13(18)20-15(5,6)7/h12,16H,9-11H2,1-8H3. The highest BCUT2D eigenvalue weighted by Crippen LogP contribution is 2.17. The zero-order valence-corrected chi connectivity index (χ0v) is 14.4. The highest BCUT2D eigenvalue weighted by molar-refractivity contribution is 5.69. The molecule has 0 saturated heterocycles. The molecular weight excluding hydrogens is 256 g/mol. The van der Waals surface area contributed by atoms with Crippen molar-refractivity contribution < 1.29 is 14.3 Å². The van der Waals surface area contributed by atoms with Crippen LogP contribution in [-0.2, 0) is 9.47 Å². The van der Waals surface area contributed by atoms with Crippen LogP contribution in [0.5, 0.6) is 0 Å². The average molecular weight is 288 g/mol. The summed E-state index contributed by atoms with van der Waals surface area (Å²) in [6.45, 7) is 15.8. The topological polar surface area (TPSA) is 50.8 Å². The van der Waals surface area contributed by atoms with Crippen molar-refractivity contribution >= 4 is 6.09 Å². The van der Waals surface area contributed by atoms with Gasteiger partial charge in [-0.25, -0.2) is 4.79 Å². The third-order valence-corrected chi connectivity index (χ3v) is 2.77. The maximum Gasteiger partial charge on any atom is 0.410 e. The minimum atomic E-state index is -0.474. The van der Waals surface area contributed by atoms with Crippen molar-refractivity contribution in [3.8, 4) is 0 Å². The van der Waals surface area contributed by atoms with Crippen LogP contribution in [0.2, 0.25) is 0 Å². The van der Waals surface area contributed by atoms with Crippen molar-refractivity contribution in [1.29, 1.82) is 0 Å². The quantitative estimate of drug-likeness (QED) is 0.763. The molecule has 5 nitrogen and oxygen atoms in total. The first-order valence-electron chi connectivity index (χ1n) is 7.21. The molecule has 1 N–H and O–H groups in total. The van der Waals surface area contributed by atoms with Crippen LogP contribution in [0.1, 0.15) is 48.5 Å². The molecule has 5 heteroatoms. The van der Waals surface area contributed by atoms with Crippen molar-refractivity contribution in [3.05, 3.63) is 0 Å². The Hall–Kier alpha value is -0.810. The van der Waals surface area contributed by atoms with Crippen LogP contribution < -0.4 is 5.32 Å². The SMILES string of the molecule is COC(C)CNCCN(C(=O)OC(C)(C)C)C(C)(C)C. The number of carbonyl (C=O) groups excluding carboxylic acids is 1. The number of nitrogens with zero attached hydrogens (tertiary/aromatic N) is 1. The average Bonchev–Trinajstić information content (AvgIpc) is 2.23. The summed E-state index contributed by atoms with van der Waals surface area (Å²) in [5.41, 5.74) is -0.741. The predicted molar refractivity (Wildman–Crippen MR) is 82.0 cm³/mol. The fourth-order valence-electron chi connectivity index (χ4n) is 1.60. The van der Waals surface area contributed by atoms with E-state index in [1.807, 2.05) is 48.5 Å². The molecule has 0 aliphatic heterocycles. The number of carbonyl (C=O) groups is 1. The Bertz CT molecular complexity index is 292. The van der Waals surface area contributed by atoms with Gasteiger partial charge in [0, 0.05) is 32.3 Å². The molecule has 0 aliphatic rings. The van der Waals surface area contributed by atoms with Crippen LogP contribution in [-0.4, -0.2) is 55.0 Å². The zero-order valence-electron chi connectivity index (χ0n) is 14.4. The van der Waals surface area contributed by atoms with E-state index in [1.54, 1.807) is 12.0 Å². The number of rotatable bonds is 6. The van der Waals surface area contributed by atoms with E-state index in [0.717, 1.165) is 6.54 Å². The van der Waals surface area contributed by atoms with Crippen LogP contribution in [0.15, 0.2) is 0 Å². The summed E-state index contributed by atoms with van der Waals surface area (Å²) < 4.78 is 10.6. The lowest BCUT2D eigenvalue weighted by Crippen LogP contribution is -2.50. The number of amides is 1. The van der Waals surface area contributed by atoms with Crippen LogP contribution in [0.3, 0.4) is 0 Å². The molecule has 0 aromatic heterocycles. The highest BCUT2D eigenvalue weighted by Gasteiger charge is 2.30. The van der Waals surface area contributed by atoms with Gasteiger partial charge in [-0.05, 0) is 48.5 Å². The summed E-state index contributed by atoms with van der Waals surface area (Å²) in [5.74, 6) is 0. The van der Waals surface area contributed by atoms with E-state index in [0.29, 0.717) is 13.1 Å². The second kappa shape index (κ2) is 7.84. The van der Waals surface area contributed by atoms with Gasteiger partial charge in [0.05, 0.1) is 6.10 Å². The van der Waals surface area contributed by atoms with Gasteiger partial charge in [0.25, 0.3) is 0 Å². The third kappa shape index (κ3) is 8.38. The fraction of sp³-hybridized carbons (Fsp3) is 0.933. The summed E-state index contributed by atoms with van der Waals surface area (Å²) in [7, 11) is 1.69. The molecule has 0 bridgehead atoms. The van der Waals surface area contributed by atoms with E-state index in [9.17, 15) is 4.79 Å². The van der Waals surface area contributed by atoms with E-state index in [2.05, 4.69) is 5.32 Å². The minimum Gasteiger partial charge on any atom is -0.444 e. The molecule has 120 valence electrons. The number of nitrogens with one attached hydrogen (secondary N) is 1. The van der Waals surface area contributed by atoms with E-state index >= 15 is 0 Å². The van der Waals surface area contributed by atoms with Crippen molar-refractivity contribution in [2.24, 2.45) is 0 Å².